The van der Waals surface area contributed by atoms with Crippen LogP contribution in [0.15, 0.2) is 48.5 Å². The maximum Gasteiger partial charge on any atom is 0.242 e. The van der Waals surface area contributed by atoms with Crippen molar-refractivity contribution in [3.63, 3.8) is 0 Å². The Balaban J connectivity index is 1.70. The molecule has 2 amide bonds. The first-order chi connectivity index (χ1) is 16.2. The molecule has 0 radical (unpaired) electrons. The number of carbonyl (C=O) groups excluding carboxylic acids is 2. The number of nitrogens with zero attached hydrogens (tertiary/aromatic N) is 1. The molecular formula is C29H40N2O3. The predicted octanol–water partition coefficient (Wildman–Crippen LogP) is 5.40. The Kier molecular flexibility index (Phi) is 8.76. The van der Waals surface area contributed by atoms with Crippen LogP contribution in [0.3, 0.4) is 0 Å². The van der Waals surface area contributed by atoms with Crippen LogP contribution < -0.4 is 10.1 Å². The van der Waals surface area contributed by atoms with E-state index in [9.17, 15) is 9.59 Å². The highest BCUT2D eigenvalue weighted by Crippen LogP contribution is 2.23. The van der Waals surface area contributed by atoms with Gasteiger partial charge in [0.25, 0.3) is 0 Å². The van der Waals surface area contributed by atoms with E-state index in [1.165, 1.54) is 5.56 Å². The number of hydrogen-bond donors (Lipinski definition) is 1. The lowest BCUT2D eigenvalue weighted by molar-refractivity contribution is -0.140. The molecule has 184 valence electrons. The van der Waals surface area contributed by atoms with Crippen molar-refractivity contribution in [2.75, 3.05) is 7.11 Å². The molecule has 1 fully saturated rings. The van der Waals surface area contributed by atoms with Gasteiger partial charge in [0.1, 0.15) is 11.8 Å². The standard InChI is InChI=1S/C29H40N2O3/c1-21(28(33)30-25-8-6-7-9-25)31(20-23-12-17-26(34-5)18-13-23)27(32)19-14-22-10-15-24(16-11-22)29(2,3)4/h10-13,15-18,21,25H,6-9,14,19-20H2,1-5H3,(H,30,33). The Morgan fingerprint density at radius 3 is 2.15 bits per heavy atom. The van der Waals surface area contributed by atoms with E-state index in [0.717, 1.165) is 42.6 Å². The fourth-order valence-corrected chi connectivity index (χ4v) is 4.47. The molecule has 1 atom stereocenters. The Morgan fingerprint density at radius 1 is 1.00 bits per heavy atom. The molecule has 0 spiro atoms. The molecule has 1 saturated carbocycles. The van der Waals surface area contributed by atoms with Gasteiger partial charge in [-0.25, -0.2) is 0 Å². The molecule has 2 aromatic carbocycles. The summed E-state index contributed by atoms with van der Waals surface area (Å²) in [5.41, 5.74) is 3.49. The lowest BCUT2D eigenvalue weighted by atomic mass is 9.86. The largest absolute Gasteiger partial charge is 0.497 e. The van der Waals surface area contributed by atoms with Crippen LogP contribution in [-0.4, -0.2) is 35.9 Å². The number of methoxy groups -OCH3 is 1. The van der Waals surface area contributed by atoms with Crippen LogP contribution in [0.1, 0.15) is 76.5 Å². The summed E-state index contributed by atoms with van der Waals surface area (Å²) in [7, 11) is 1.63. The minimum absolute atomic E-state index is 0.00946. The minimum Gasteiger partial charge on any atom is -0.497 e. The second-order valence-corrected chi connectivity index (χ2v) is 10.5. The Morgan fingerprint density at radius 2 is 1.59 bits per heavy atom. The second-order valence-electron chi connectivity index (χ2n) is 10.5. The Hall–Kier alpha value is -2.82. The van der Waals surface area contributed by atoms with E-state index in [1.807, 2.05) is 31.2 Å². The highest BCUT2D eigenvalue weighted by molar-refractivity contribution is 5.87. The second kappa shape index (κ2) is 11.5. The van der Waals surface area contributed by atoms with Crippen molar-refractivity contribution < 1.29 is 14.3 Å². The van der Waals surface area contributed by atoms with Gasteiger partial charge >= 0.3 is 0 Å². The molecule has 34 heavy (non-hydrogen) atoms. The number of nitrogens with one attached hydrogen (secondary N) is 1. The van der Waals surface area contributed by atoms with Crippen LogP contribution >= 0.6 is 0 Å². The molecule has 0 bridgehead atoms. The molecule has 2 aromatic rings. The third-order valence-electron chi connectivity index (χ3n) is 6.83. The van der Waals surface area contributed by atoms with Crippen molar-refractivity contribution in [2.24, 2.45) is 0 Å². The first-order valence-electron chi connectivity index (χ1n) is 12.5. The van der Waals surface area contributed by atoms with Gasteiger partial charge in [-0.2, -0.15) is 0 Å². The Bertz CT molecular complexity index is 939. The van der Waals surface area contributed by atoms with E-state index >= 15 is 0 Å². The van der Waals surface area contributed by atoms with E-state index in [1.54, 1.807) is 12.0 Å². The number of rotatable bonds is 9. The van der Waals surface area contributed by atoms with Gasteiger partial charge in [-0.3, -0.25) is 9.59 Å². The lowest BCUT2D eigenvalue weighted by Gasteiger charge is -2.30. The summed E-state index contributed by atoms with van der Waals surface area (Å²) in [5.74, 6) is 0.695. The molecular weight excluding hydrogens is 424 g/mol. The van der Waals surface area contributed by atoms with Gasteiger partial charge in [0, 0.05) is 19.0 Å². The van der Waals surface area contributed by atoms with Crippen molar-refractivity contribution >= 4 is 11.8 Å². The molecule has 5 nitrogen and oxygen atoms in total. The third-order valence-corrected chi connectivity index (χ3v) is 6.83. The van der Waals surface area contributed by atoms with Gasteiger partial charge in [0.2, 0.25) is 11.8 Å². The van der Waals surface area contributed by atoms with Crippen molar-refractivity contribution in [1.29, 1.82) is 0 Å². The van der Waals surface area contributed by atoms with Gasteiger partial charge in [-0.05, 0) is 60.4 Å². The van der Waals surface area contributed by atoms with E-state index in [4.69, 9.17) is 4.74 Å². The molecule has 1 aliphatic rings. The van der Waals surface area contributed by atoms with Crippen molar-refractivity contribution in [3.8, 4) is 5.75 Å². The van der Waals surface area contributed by atoms with Gasteiger partial charge in [0.15, 0.2) is 0 Å². The maximum absolute atomic E-state index is 13.4. The predicted molar refractivity (Wildman–Crippen MR) is 137 cm³/mol. The quantitative estimate of drug-likeness (QED) is 0.540. The van der Waals surface area contributed by atoms with E-state index in [-0.39, 0.29) is 23.3 Å². The van der Waals surface area contributed by atoms with Gasteiger partial charge in [-0.15, -0.1) is 0 Å². The molecule has 5 heteroatoms. The maximum atomic E-state index is 13.4. The van der Waals surface area contributed by atoms with Crippen LogP contribution in [0.2, 0.25) is 0 Å². The summed E-state index contributed by atoms with van der Waals surface area (Å²) in [6, 6.07) is 15.9. The average Bonchev–Trinajstić information content (AvgIpc) is 3.33. The first kappa shape index (κ1) is 25.8. The summed E-state index contributed by atoms with van der Waals surface area (Å²) in [5, 5.41) is 3.16. The average molecular weight is 465 g/mol. The molecule has 0 heterocycles. The first-order valence-corrected chi connectivity index (χ1v) is 12.5. The zero-order chi connectivity index (χ0) is 24.7. The number of ether oxygens (including phenoxy) is 1. The number of amides is 2. The van der Waals surface area contributed by atoms with Crippen LogP contribution in [0, 0.1) is 0 Å². The topological polar surface area (TPSA) is 58.6 Å². The fourth-order valence-electron chi connectivity index (χ4n) is 4.47. The Labute approximate surface area is 204 Å². The molecule has 0 aromatic heterocycles. The highest BCUT2D eigenvalue weighted by atomic mass is 16.5. The van der Waals surface area contributed by atoms with E-state index in [0.29, 0.717) is 19.4 Å². The van der Waals surface area contributed by atoms with E-state index < -0.39 is 6.04 Å². The number of carbonyl (C=O) groups is 2. The van der Waals surface area contributed by atoms with E-state index in [2.05, 4.69) is 50.4 Å². The highest BCUT2D eigenvalue weighted by Gasteiger charge is 2.28. The van der Waals surface area contributed by atoms with Gasteiger partial charge in [-0.1, -0.05) is 70.0 Å². The zero-order valence-corrected chi connectivity index (χ0v) is 21.4. The molecule has 1 N–H and O–H groups in total. The molecule has 1 aliphatic carbocycles. The van der Waals surface area contributed by atoms with Crippen molar-refractivity contribution in [1.82, 2.24) is 10.2 Å². The van der Waals surface area contributed by atoms with Crippen LogP contribution in [0.4, 0.5) is 0 Å². The van der Waals surface area contributed by atoms with Gasteiger partial charge in [0.05, 0.1) is 7.11 Å². The van der Waals surface area contributed by atoms with Crippen molar-refractivity contribution in [3.05, 3.63) is 65.2 Å². The normalized spacial score (nSPS) is 15.1. The number of benzene rings is 2. The zero-order valence-electron chi connectivity index (χ0n) is 21.4. The lowest BCUT2D eigenvalue weighted by Crippen LogP contribution is -2.49. The fraction of sp³-hybridized carbons (Fsp3) is 0.517. The SMILES string of the molecule is COc1ccc(CN(C(=O)CCc2ccc(C(C)(C)C)cc2)C(C)C(=O)NC2CCCC2)cc1. The minimum atomic E-state index is -0.529. The van der Waals surface area contributed by atoms with Gasteiger partial charge < -0.3 is 15.0 Å². The van der Waals surface area contributed by atoms with Crippen LogP contribution in [0.25, 0.3) is 0 Å². The summed E-state index contributed by atoms with van der Waals surface area (Å²) >= 11 is 0. The molecule has 0 saturated heterocycles. The summed E-state index contributed by atoms with van der Waals surface area (Å²) in [6.45, 7) is 8.82. The summed E-state index contributed by atoms with van der Waals surface area (Å²) in [6.07, 6.45) is 5.37. The molecule has 3 rings (SSSR count). The summed E-state index contributed by atoms with van der Waals surface area (Å²) < 4.78 is 5.25. The monoisotopic (exact) mass is 464 g/mol. The van der Waals surface area contributed by atoms with Crippen LogP contribution in [-0.2, 0) is 28.0 Å². The summed E-state index contributed by atoms with van der Waals surface area (Å²) in [4.78, 5) is 28.1. The smallest absolute Gasteiger partial charge is 0.242 e. The number of hydrogen-bond acceptors (Lipinski definition) is 3. The molecule has 1 unspecified atom stereocenters. The third kappa shape index (κ3) is 7.09. The molecule has 0 aliphatic heterocycles. The van der Waals surface area contributed by atoms with Crippen molar-refractivity contribution in [2.45, 2.75) is 90.3 Å². The number of aryl methyl sites for hydroxylation is 1. The van der Waals surface area contributed by atoms with Crippen LogP contribution in [0.5, 0.6) is 5.75 Å².